The molecule has 162 valence electrons. The Balaban J connectivity index is 1.61. The molecule has 2 aliphatic heterocycles. The van der Waals surface area contributed by atoms with Gasteiger partial charge in [0.25, 0.3) is 0 Å². The van der Waals surface area contributed by atoms with Crippen molar-refractivity contribution in [1.82, 2.24) is 25.8 Å². The van der Waals surface area contributed by atoms with Crippen molar-refractivity contribution in [1.29, 1.82) is 0 Å². The molecule has 0 aromatic heterocycles. The Bertz CT molecular complexity index is 473. The predicted octanol–water partition coefficient (Wildman–Crippen LogP) is 0.110. The maximum absolute atomic E-state index is 11.9. The van der Waals surface area contributed by atoms with Crippen LogP contribution in [0.4, 0.5) is 0 Å². The number of ether oxygens (including phenoxy) is 1. The highest BCUT2D eigenvalue weighted by molar-refractivity contribution is 5.80. The van der Waals surface area contributed by atoms with Crippen molar-refractivity contribution in [2.24, 2.45) is 10.9 Å². The van der Waals surface area contributed by atoms with Gasteiger partial charge in [-0.2, -0.15) is 0 Å². The summed E-state index contributed by atoms with van der Waals surface area (Å²) in [5.74, 6) is 1.58. The van der Waals surface area contributed by atoms with Crippen molar-refractivity contribution >= 4 is 11.9 Å². The lowest BCUT2D eigenvalue weighted by Crippen LogP contribution is -2.51. The maximum atomic E-state index is 11.9. The number of hydrogen-bond acceptors (Lipinski definition) is 5. The summed E-state index contributed by atoms with van der Waals surface area (Å²) in [7, 11) is 1.83. The van der Waals surface area contributed by atoms with Gasteiger partial charge in [0, 0.05) is 58.9 Å². The van der Waals surface area contributed by atoms with E-state index < -0.39 is 0 Å². The molecule has 0 radical (unpaired) electrons. The van der Waals surface area contributed by atoms with Crippen LogP contribution in [0.15, 0.2) is 4.99 Å². The lowest BCUT2D eigenvalue weighted by atomic mass is 10.1. The number of guanidine groups is 1. The van der Waals surface area contributed by atoms with Gasteiger partial charge in [-0.05, 0) is 25.2 Å². The predicted molar refractivity (Wildman–Crippen MR) is 114 cm³/mol. The second-order valence-corrected chi connectivity index (χ2v) is 8.02. The third kappa shape index (κ3) is 8.75. The van der Waals surface area contributed by atoms with Gasteiger partial charge in [0.1, 0.15) is 0 Å². The Kier molecular flexibility index (Phi) is 10.6. The van der Waals surface area contributed by atoms with E-state index in [0.29, 0.717) is 18.5 Å². The van der Waals surface area contributed by atoms with Gasteiger partial charge in [0.2, 0.25) is 5.91 Å². The van der Waals surface area contributed by atoms with Gasteiger partial charge in [-0.3, -0.25) is 19.6 Å². The molecule has 3 N–H and O–H groups in total. The van der Waals surface area contributed by atoms with E-state index in [4.69, 9.17) is 4.74 Å². The molecule has 0 aromatic carbocycles. The fraction of sp³-hybridized carbons (Fsp3) is 0.900. The summed E-state index contributed by atoms with van der Waals surface area (Å²) in [5, 5.41) is 9.98. The van der Waals surface area contributed by atoms with Crippen molar-refractivity contribution in [3.05, 3.63) is 0 Å². The van der Waals surface area contributed by atoms with Crippen LogP contribution in [0.1, 0.15) is 33.1 Å². The Morgan fingerprint density at radius 3 is 2.50 bits per heavy atom. The number of carbonyl (C=O) groups is 1. The first kappa shape index (κ1) is 22.9. The van der Waals surface area contributed by atoms with Gasteiger partial charge in [-0.25, -0.2) is 0 Å². The number of amides is 1. The van der Waals surface area contributed by atoms with E-state index in [1.807, 2.05) is 7.05 Å². The minimum Gasteiger partial charge on any atom is -0.379 e. The summed E-state index contributed by atoms with van der Waals surface area (Å²) in [6.45, 7) is 13.3. The molecule has 1 amide bonds. The molecule has 0 spiro atoms. The molecule has 2 heterocycles. The fourth-order valence-corrected chi connectivity index (χ4v) is 3.71. The highest BCUT2D eigenvalue weighted by Gasteiger charge is 2.21. The van der Waals surface area contributed by atoms with Crippen LogP contribution in [0, 0.1) is 5.92 Å². The summed E-state index contributed by atoms with van der Waals surface area (Å²) >= 11 is 0. The Hall–Kier alpha value is -1.38. The normalized spacial score (nSPS) is 21.3. The zero-order valence-corrected chi connectivity index (χ0v) is 18.0. The number of aliphatic imine (C=N–C) groups is 1. The number of hydrogen-bond donors (Lipinski definition) is 3. The average molecular weight is 397 g/mol. The van der Waals surface area contributed by atoms with Crippen LogP contribution in [0.2, 0.25) is 0 Å². The maximum Gasteiger partial charge on any atom is 0.234 e. The number of piperidine rings is 1. The van der Waals surface area contributed by atoms with Gasteiger partial charge in [0.05, 0.1) is 19.8 Å². The third-order valence-corrected chi connectivity index (χ3v) is 5.38. The molecule has 1 unspecified atom stereocenters. The van der Waals surface area contributed by atoms with E-state index in [2.05, 4.69) is 44.6 Å². The molecule has 0 aliphatic carbocycles. The van der Waals surface area contributed by atoms with Crippen molar-refractivity contribution in [2.75, 3.05) is 72.6 Å². The summed E-state index contributed by atoms with van der Waals surface area (Å²) in [4.78, 5) is 21.0. The summed E-state index contributed by atoms with van der Waals surface area (Å²) in [5.41, 5.74) is 0. The first-order chi connectivity index (χ1) is 13.6. The smallest absolute Gasteiger partial charge is 0.234 e. The lowest BCUT2D eigenvalue weighted by Gasteiger charge is -2.33. The van der Waals surface area contributed by atoms with Crippen molar-refractivity contribution in [3.63, 3.8) is 0 Å². The molecular weight excluding hydrogens is 356 g/mol. The number of carbonyl (C=O) groups excluding carboxylic acids is 1. The monoisotopic (exact) mass is 396 g/mol. The number of likely N-dealkylation sites (tertiary alicyclic amines) is 1. The van der Waals surface area contributed by atoms with Crippen LogP contribution in [0.25, 0.3) is 0 Å². The van der Waals surface area contributed by atoms with E-state index in [1.54, 1.807) is 0 Å². The second kappa shape index (κ2) is 13.0. The highest BCUT2D eigenvalue weighted by atomic mass is 16.5. The van der Waals surface area contributed by atoms with E-state index in [-0.39, 0.29) is 5.91 Å². The molecule has 0 bridgehead atoms. The van der Waals surface area contributed by atoms with E-state index in [9.17, 15) is 4.79 Å². The Morgan fingerprint density at radius 1 is 1.14 bits per heavy atom. The van der Waals surface area contributed by atoms with E-state index in [0.717, 1.165) is 84.2 Å². The van der Waals surface area contributed by atoms with Crippen molar-refractivity contribution < 1.29 is 9.53 Å². The van der Waals surface area contributed by atoms with Crippen molar-refractivity contribution in [3.8, 4) is 0 Å². The molecule has 2 fully saturated rings. The second-order valence-electron chi connectivity index (χ2n) is 8.02. The number of rotatable bonds is 9. The number of morpholine rings is 1. The molecule has 2 rings (SSSR count). The summed E-state index contributed by atoms with van der Waals surface area (Å²) < 4.78 is 5.42. The minimum absolute atomic E-state index is 0.139. The average Bonchev–Trinajstić information content (AvgIpc) is 2.71. The SMILES string of the molecule is CCCNC(=O)CN1CCC(NC(=NC)NCC(C)CN2CCOCC2)CC1. The molecule has 0 saturated carbocycles. The highest BCUT2D eigenvalue weighted by Crippen LogP contribution is 2.10. The lowest BCUT2D eigenvalue weighted by molar-refractivity contribution is -0.122. The van der Waals surface area contributed by atoms with Gasteiger partial charge in [0.15, 0.2) is 5.96 Å². The number of nitrogens with one attached hydrogen (secondary N) is 3. The molecule has 8 heteroatoms. The Labute approximate surface area is 170 Å². The Morgan fingerprint density at radius 2 is 1.86 bits per heavy atom. The first-order valence-corrected chi connectivity index (χ1v) is 10.9. The molecular formula is C20H40N6O2. The van der Waals surface area contributed by atoms with Crippen molar-refractivity contribution in [2.45, 2.75) is 39.2 Å². The van der Waals surface area contributed by atoms with E-state index >= 15 is 0 Å². The summed E-state index contributed by atoms with van der Waals surface area (Å²) in [6.07, 6.45) is 3.05. The summed E-state index contributed by atoms with van der Waals surface area (Å²) in [6, 6.07) is 0.413. The van der Waals surface area contributed by atoms with Crippen LogP contribution in [-0.2, 0) is 9.53 Å². The topological polar surface area (TPSA) is 81.2 Å². The third-order valence-electron chi connectivity index (χ3n) is 5.38. The van der Waals surface area contributed by atoms with Gasteiger partial charge < -0.3 is 20.7 Å². The molecule has 0 aromatic rings. The molecule has 8 nitrogen and oxygen atoms in total. The van der Waals surface area contributed by atoms with Gasteiger partial charge >= 0.3 is 0 Å². The zero-order chi connectivity index (χ0) is 20.2. The minimum atomic E-state index is 0.139. The van der Waals surface area contributed by atoms with Crippen LogP contribution < -0.4 is 16.0 Å². The molecule has 1 atom stereocenters. The molecule has 2 saturated heterocycles. The van der Waals surface area contributed by atoms with Crippen LogP contribution in [0.3, 0.4) is 0 Å². The largest absolute Gasteiger partial charge is 0.379 e. The first-order valence-electron chi connectivity index (χ1n) is 10.9. The van der Waals surface area contributed by atoms with Crippen LogP contribution in [0.5, 0.6) is 0 Å². The van der Waals surface area contributed by atoms with Gasteiger partial charge in [-0.15, -0.1) is 0 Å². The number of nitrogens with zero attached hydrogens (tertiary/aromatic N) is 3. The zero-order valence-electron chi connectivity index (χ0n) is 18.0. The van der Waals surface area contributed by atoms with Crippen LogP contribution >= 0.6 is 0 Å². The standard InChI is InChI=1S/C20H40N6O2/c1-4-7-22-19(27)16-25-8-5-18(6-9-25)24-20(21-3)23-14-17(2)15-26-10-12-28-13-11-26/h17-18H,4-16H2,1-3H3,(H,22,27)(H2,21,23,24). The molecule has 2 aliphatic rings. The van der Waals surface area contributed by atoms with E-state index in [1.165, 1.54) is 0 Å². The molecule has 28 heavy (non-hydrogen) atoms. The van der Waals surface area contributed by atoms with Gasteiger partial charge in [-0.1, -0.05) is 13.8 Å². The fourth-order valence-electron chi connectivity index (χ4n) is 3.71. The quantitative estimate of drug-likeness (QED) is 0.379. The van der Waals surface area contributed by atoms with Crippen LogP contribution in [-0.4, -0.2) is 100 Å².